The number of hydrogen-bond acceptors (Lipinski definition) is 3. The lowest BCUT2D eigenvalue weighted by Crippen LogP contribution is -1.97. The summed E-state index contributed by atoms with van der Waals surface area (Å²) in [4.78, 5) is 11.1. The van der Waals surface area contributed by atoms with Crippen LogP contribution < -0.4 is 5.73 Å². The van der Waals surface area contributed by atoms with E-state index in [0.717, 1.165) is 34.2 Å². The Morgan fingerprint density at radius 1 is 1.07 bits per heavy atom. The minimum atomic E-state index is -0.355. The Bertz CT molecular complexity index is 909. The Labute approximate surface area is 167 Å². The Balaban J connectivity index is 0.00000190. The van der Waals surface area contributed by atoms with E-state index in [1.165, 1.54) is 13.1 Å². The van der Waals surface area contributed by atoms with Gasteiger partial charge in [-0.2, -0.15) is 0 Å². The van der Waals surface area contributed by atoms with Gasteiger partial charge in [0.05, 0.1) is 10.5 Å². The van der Waals surface area contributed by atoms with Crippen LogP contribution in [0.4, 0.5) is 5.69 Å². The summed E-state index contributed by atoms with van der Waals surface area (Å²) in [5, 5.41) is 11.4. The molecule has 0 radical (unpaired) electrons. The molecule has 28 heavy (non-hydrogen) atoms. The molecular formula is C24H28N2O2. The van der Waals surface area contributed by atoms with Gasteiger partial charge in [0, 0.05) is 6.07 Å². The zero-order valence-corrected chi connectivity index (χ0v) is 16.8. The van der Waals surface area contributed by atoms with Crippen molar-refractivity contribution >= 4 is 23.4 Å². The van der Waals surface area contributed by atoms with Crippen molar-refractivity contribution in [2.24, 2.45) is 5.73 Å². The van der Waals surface area contributed by atoms with E-state index in [9.17, 15) is 10.1 Å². The summed E-state index contributed by atoms with van der Waals surface area (Å²) in [5.41, 5.74) is 9.85. The van der Waals surface area contributed by atoms with Gasteiger partial charge in [-0.25, -0.2) is 0 Å². The summed E-state index contributed by atoms with van der Waals surface area (Å²) in [5.74, 6) is 0. The van der Waals surface area contributed by atoms with Crippen molar-refractivity contribution in [3.05, 3.63) is 94.6 Å². The quantitative estimate of drug-likeness (QED) is 0.341. The van der Waals surface area contributed by atoms with Crippen LogP contribution in [0.15, 0.2) is 67.8 Å². The molecule has 2 rings (SSSR count). The van der Waals surface area contributed by atoms with E-state index >= 15 is 0 Å². The molecule has 2 N–H and O–H groups in total. The SMILES string of the molecule is C=Cc1c(C(/C=C\C)=C/CC)ccc(-c2ccccc2[N+](=O)[O-])c1C=C.CN. The van der Waals surface area contributed by atoms with Gasteiger partial charge in [0.25, 0.3) is 5.69 Å². The number of para-hydroxylation sites is 1. The van der Waals surface area contributed by atoms with Crippen LogP contribution >= 0.6 is 0 Å². The summed E-state index contributed by atoms with van der Waals surface area (Å²) in [6.45, 7) is 12.0. The van der Waals surface area contributed by atoms with Crippen molar-refractivity contribution < 1.29 is 4.92 Å². The minimum Gasteiger partial charge on any atom is -0.333 e. The molecule has 0 bridgehead atoms. The molecule has 0 spiro atoms. The molecular weight excluding hydrogens is 348 g/mol. The number of nitro benzene ring substituents is 1. The summed E-state index contributed by atoms with van der Waals surface area (Å²) < 4.78 is 0. The monoisotopic (exact) mass is 376 g/mol. The van der Waals surface area contributed by atoms with Crippen LogP contribution in [-0.4, -0.2) is 12.0 Å². The predicted octanol–water partition coefficient (Wildman–Crippen LogP) is 6.49. The average Bonchev–Trinajstić information content (AvgIpc) is 2.73. The smallest absolute Gasteiger partial charge is 0.277 e. The third-order valence-corrected chi connectivity index (χ3v) is 4.17. The molecule has 2 aromatic carbocycles. The largest absolute Gasteiger partial charge is 0.333 e. The van der Waals surface area contributed by atoms with E-state index in [-0.39, 0.29) is 10.6 Å². The second-order valence-electron chi connectivity index (χ2n) is 5.74. The van der Waals surface area contributed by atoms with Crippen LogP contribution in [0.25, 0.3) is 28.9 Å². The lowest BCUT2D eigenvalue weighted by molar-refractivity contribution is -0.384. The number of hydrogen-bond donors (Lipinski definition) is 1. The Kier molecular flexibility index (Phi) is 9.34. The van der Waals surface area contributed by atoms with Gasteiger partial charge in [-0.15, -0.1) is 0 Å². The molecule has 0 amide bonds. The molecule has 0 aliphatic carbocycles. The molecule has 0 aliphatic heterocycles. The van der Waals surface area contributed by atoms with Gasteiger partial charge in [0.1, 0.15) is 0 Å². The molecule has 4 nitrogen and oxygen atoms in total. The van der Waals surface area contributed by atoms with Crippen molar-refractivity contribution in [2.45, 2.75) is 20.3 Å². The van der Waals surface area contributed by atoms with Gasteiger partial charge in [0.2, 0.25) is 0 Å². The third kappa shape index (κ3) is 4.93. The van der Waals surface area contributed by atoms with E-state index < -0.39 is 0 Å². The van der Waals surface area contributed by atoms with E-state index in [0.29, 0.717) is 5.56 Å². The number of rotatable bonds is 7. The highest BCUT2D eigenvalue weighted by Crippen LogP contribution is 2.37. The van der Waals surface area contributed by atoms with Crippen LogP contribution in [0.1, 0.15) is 37.0 Å². The lowest BCUT2D eigenvalue weighted by atomic mass is 9.88. The zero-order valence-electron chi connectivity index (χ0n) is 16.8. The van der Waals surface area contributed by atoms with E-state index in [1.807, 2.05) is 25.1 Å². The number of nitro groups is 1. The van der Waals surface area contributed by atoms with Gasteiger partial charge in [0.15, 0.2) is 0 Å². The fourth-order valence-electron chi connectivity index (χ4n) is 3.09. The second kappa shape index (κ2) is 11.5. The molecule has 0 unspecified atom stereocenters. The van der Waals surface area contributed by atoms with Gasteiger partial charge in [-0.1, -0.05) is 74.7 Å². The van der Waals surface area contributed by atoms with Gasteiger partial charge >= 0.3 is 0 Å². The maximum atomic E-state index is 11.4. The van der Waals surface area contributed by atoms with Crippen molar-refractivity contribution in [2.75, 3.05) is 7.05 Å². The van der Waals surface area contributed by atoms with Crippen LogP contribution in [0.3, 0.4) is 0 Å². The first kappa shape index (κ1) is 22.8. The minimum absolute atomic E-state index is 0.0798. The molecule has 0 heterocycles. The van der Waals surface area contributed by atoms with Gasteiger partial charge < -0.3 is 5.73 Å². The average molecular weight is 377 g/mol. The van der Waals surface area contributed by atoms with E-state index in [2.05, 4.69) is 38.0 Å². The molecule has 0 aliphatic rings. The lowest BCUT2D eigenvalue weighted by Gasteiger charge is -2.16. The topological polar surface area (TPSA) is 69.2 Å². The van der Waals surface area contributed by atoms with Crippen LogP contribution in [0.2, 0.25) is 0 Å². The first-order valence-electron chi connectivity index (χ1n) is 9.15. The highest BCUT2D eigenvalue weighted by molar-refractivity contribution is 5.90. The first-order valence-corrected chi connectivity index (χ1v) is 9.15. The maximum absolute atomic E-state index is 11.4. The van der Waals surface area contributed by atoms with Crippen molar-refractivity contribution in [1.82, 2.24) is 0 Å². The van der Waals surface area contributed by atoms with E-state index in [4.69, 9.17) is 0 Å². The fraction of sp³-hybridized carbons (Fsp3) is 0.167. The van der Waals surface area contributed by atoms with Crippen molar-refractivity contribution in [1.29, 1.82) is 0 Å². The number of allylic oxidation sites excluding steroid dienone is 4. The van der Waals surface area contributed by atoms with Gasteiger partial charge in [-0.3, -0.25) is 10.1 Å². The first-order chi connectivity index (χ1) is 13.6. The molecule has 0 saturated carbocycles. The second-order valence-corrected chi connectivity index (χ2v) is 5.74. The highest BCUT2D eigenvalue weighted by Gasteiger charge is 2.19. The maximum Gasteiger partial charge on any atom is 0.277 e. The number of nitrogens with two attached hydrogens (primary N) is 1. The fourth-order valence-corrected chi connectivity index (χ4v) is 3.09. The Morgan fingerprint density at radius 3 is 2.25 bits per heavy atom. The van der Waals surface area contributed by atoms with Crippen molar-refractivity contribution in [3.8, 4) is 11.1 Å². The summed E-state index contributed by atoms with van der Waals surface area (Å²) >= 11 is 0. The van der Waals surface area contributed by atoms with Crippen molar-refractivity contribution in [3.63, 3.8) is 0 Å². The standard InChI is InChI=1S/C23H23NO2.CH5N/c1-5-11-17(12-6-2)20-15-16-21(19(8-4)18(20)7-3)22-13-9-10-14-23(22)24(25)26;1-2/h5,7-16H,3-4,6H2,1-2H3;2H2,1H3/b11-5-,17-12+;. The Hall–Kier alpha value is -3.24. The van der Waals surface area contributed by atoms with E-state index in [1.54, 1.807) is 30.4 Å². The zero-order chi connectivity index (χ0) is 21.1. The summed E-state index contributed by atoms with van der Waals surface area (Å²) in [6, 6.07) is 10.7. The molecule has 2 aromatic rings. The third-order valence-electron chi connectivity index (χ3n) is 4.17. The predicted molar refractivity (Wildman–Crippen MR) is 122 cm³/mol. The number of nitrogens with zero attached hydrogens (tertiary/aromatic N) is 1. The molecule has 146 valence electrons. The molecule has 0 fully saturated rings. The molecule has 0 aromatic heterocycles. The van der Waals surface area contributed by atoms with Crippen LogP contribution in [-0.2, 0) is 0 Å². The number of benzene rings is 2. The summed E-state index contributed by atoms with van der Waals surface area (Å²) in [7, 11) is 1.50. The van der Waals surface area contributed by atoms with Crippen LogP contribution in [0, 0.1) is 10.1 Å². The highest BCUT2D eigenvalue weighted by atomic mass is 16.6. The van der Waals surface area contributed by atoms with Crippen LogP contribution in [0.5, 0.6) is 0 Å². The van der Waals surface area contributed by atoms with Gasteiger partial charge in [-0.05, 0) is 54.3 Å². The molecule has 4 heteroatoms. The normalized spacial score (nSPS) is 10.9. The molecule has 0 atom stereocenters. The summed E-state index contributed by atoms with van der Waals surface area (Å²) in [6.07, 6.45) is 10.6. The Morgan fingerprint density at radius 2 is 1.71 bits per heavy atom. The molecule has 0 saturated heterocycles.